The fourth-order valence-corrected chi connectivity index (χ4v) is 3.78. The van der Waals surface area contributed by atoms with Crippen LogP contribution in [-0.4, -0.2) is 41.5 Å². The van der Waals surface area contributed by atoms with Crippen LogP contribution >= 0.6 is 0 Å². The Morgan fingerprint density at radius 2 is 2.04 bits per heavy atom. The number of primary amides is 1. The molecule has 144 valence electrons. The quantitative estimate of drug-likeness (QED) is 0.732. The minimum atomic E-state index is -0.577. The Bertz CT molecular complexity index is 1020. The van der Waals surface area contributed by atoms with Gasteiger partial charge in [-0.25, -0.2) is 9.37 Å². The van der Waals surface area contributed by atoms with E-state index in [1.54, 1.807) is 18.2 Å². The predicted octanol–water partition coefficient (Wildman–Crippen LogP) is 2.93. The third-order valence-electron chi connectivity index (χ3n) is 5.14. The average molecular weight is 378 g/mol. The molecule has 6 heteroatoms. The van der Waals surface area contributed by atoms with Crippen molar-refractivity contribution >= 4 is 16.8 Å². The van der Waals surface area contributed by atoms with Crippen molar-refractivity contribution in [3.8, 4) is 11.1 Å². The molecule has 1 unspecified atom stereocenters. The van der Waals surface area contributed by atoms with Crippen LogP contribution in [0.3, 0.4) is 0 Å². The van der Waals surface area contributed by atoms with Crippen molar-refractivity contribution in [2.24, 2.45) is 5.73 Å². The van der Waals surface area contributed by atoms with Crippen molar-refractivity contribution in [1.82, 2.24) is 15.2 Å². The van der Waals surface area contributed by atoms with Crippen molar-refractivity contribution in [2.75, 3.05) is 19.6 Å². The molecule has 0 aliphatic carbocycles. The first-order valence-corrected chi connectivity index (χ1v) is 9.45. The Hall–Kier alpha value is -2.83. The second-order valence-corrected chi connectivity index (χ2v) is 7.37. The van der Waals surface area contributed by atoms with E-state index < -0.39 is 5.91 Å². The third-order valence-corrected chi connectivity index (χ3v) is 5.14. The largest absolute Gasteiger partial charge is 0.364 e. The molecule has 1 fully saturated rings. The zero-order chi connectivity index (χ0) is 19.7. The number of nitrogens with two attached hydrogens (primary N) is 1. The number of carbonyl (C=O) groups excluding carboxylic acids is 1. The molecule has 2 heterocycles. The van der Waals surface area contributed by atoms with Crippen LogP contribution in [-0.2, 0) is 6.54 Å². The number of piperazine rings is 1. The predicted molar refractivity (Wildman–Crippen MR) is 108 cm³/mol. The van der Waals surface area contributed by atoms with E-state index in [9.17, 15) is 9.18 Å². The molecule has 1 atom stereocenters. The second kappa shape index (κ2) is 7.66. The SMILES string of the molecule is CC1CN(Cc2ccc3c(-c4ccc(F)cc4)cc(C(N)=O)nc3c2)CCN1. The van der Waals surface area contributed by atoms with Crippen molar-refractivity contribution in [2.45, 2.75) is 19.5 Å². The molecule has 1 amide bonds. The van der Waals surface area contributed by atoms with Gasteiger partial charge in [0.1, 0.15) is 11.5 Å². The first kappa shape index (κ1) is 18.5. The number of halogens is 1. The highest BCUT2D eigenvalue weighted by molar-refractivity contribution is 6.00. The fourth-order valence-electron chi connectivity index (χ4n) is 3.78. The topological polar surface area (TPSA) is 71.2 Å². The first-order valence-electron chi connectivity index (χ1n) is 9.45. The van der Waals surface area contributed by atoms with Crippen molar-refractivity contribution in [3.05, 3.63) is 65.6 Å². The van der Waals surface area contributed by atoms with Crippen LogP contribution < -0.4 is 11.1 Å². The molecule has 5 nitrogen and oxygen atoms in total. The standard InChI is InChI=1S/C22H23FN4O/c1-14-12-27(9-8-25-14)13-15-2-7-18-19(16-3-5-17(23)6-4-16)11-21(22(24)28)26-20(18)10-15/h2-7,10-11,14,25H,8-9,12-13H2,1H3,(H2,24,28). The molecule has 0 radical (unpaired) electrons. The molecule has 0 spiro atoms. The van der Waals surface area contributed by atoms with E-state index >= 15 is 0 Å². The molecular formula is C22H23FN4O. The van der Waals surface area contributed by atoms with Crippen LogP contribution in [0.1, 0.15) is 23.0 Å². The minimum absolute atomic E-state index is 0.208. The Morgan fingerprint density at radius 3 is 2.75 bits per heavy atom. The van der Waals surface area contributed by atoms with Gasteiger partial charge in [0, 0.05) is 37.6 Å². The number of pyridine rings is 1. The summed E-state index contributed by atoms with van der Waals surface area (Å²) >= 11 is 0. The van der Waals surface area contributed by atoms with Gasteiger partial charge in [0.25, 0.3) is 5.91 Å². The number of fused-ring (bicyclic) bond motifs is 1. The highest BCUT2D eigenvalue weighted by Gasteiger charge is 2.17. The van der Waals surface area contributed by atoms with Crippen LogP contribution in [0.25, 0.3) is 22.0 Å². The maximum atomic E-state index is 13.3. The Kier molecular flexibility index (Phi) is 5.07. The molecule has 1 aliphatic rings. The number of hydrogen-bond acceptors (Lipinski definition) is 4. The molecule has 1 aliphatic heterocycles. The highest BCUT2D eigenvalue weighted by atomic mass is 19.1. The lowest BCUT2D eigenvalue weighted by atomic mass is 9.98. The van der Waals surface area contributed by atoms with Gasteiger partial charge in [-0.3, -0.25) is 9.69 Å². The molecule has 0 saturated carbocycles. The Morgan fingerprint density at radius 1 is 1.25 bits per heavy atom. The van der Waals surface area contributed by atoms with Crippen molar-refractivity contribution < 1.29 is 9.18 Å². The average Bonchev–Trinajstić information content (AvgIpc) is 2.67. The number of amides is 1. The van der Waals surface area contributed by atoms with Gasteiger partial charge in [-0.05, 0) is 47.9 Å². The number of benzene rings is 2. The lowest BCUT2D eigenvalue weighted by Gasteiger charge is -2.31. The van der Waals surface area contributed by atoms with Gasteiger partial charge in [-0.15, -0.1) is 0 Å². The molecule has 4 rings (SSSR count). The molecule has 2 aromatic carbocycles. The summed E-state index contributed by atoms with van der Waals surface area (Å²) in [5.41, 5.74) is 9.21. The summed E-state index contributed by atoms with van der Waals surface area (Å²) in [5.74, 6) is -0.878. The molecule has 28 heavy (non-hydrogen) atoms. The number of nitrogens with one attached hydrogen (secondary N) is 1. The Labute approximate surface area is 163 Å². The minimum Gasteiger partial charge on any atom is -0.364 e. The van der Waals surface area contributed by atoms with Gasteiger partial charge >= 0.3 is 0 Å². The summed E-state index contributed by atoms with van der Waals surface area (Å²) in [5, 5.41) is 4.36. The van der Waals surface area contributed by atoms with E-state index in [1.165, 1.54) is 12.1 Å². The van der Waals surface area contributed by atoms with E-state index in [0.29, 0.717) is 6.04 Å². The summed E-state index contributed by atoms with van der Waals surface area (Å²) in [4.78, 5) is 18.7. The lowest BCUT2D eigenvalue weighted by molar-refractivity contribution is 0.0996. The summed E-state index contributed by atoms with van der Waals surface area (Å²) in [6, 6.07) is 14.5. The molecular weight excluding hydrogens is 355 g/mol. The van der Waals surface area contributed by atoms with Crippen LogP contribution in [0.15, 0.2) is 48.5 Å². The third kappa shape index (κ3) is 3.88. The molecule has 0 bridgehead atoms. The smallest absolute Gasteiger partial charge is 0.267 e. The monoisotopic (exact) mass is 378 g/mol. The summed E-state index contributed by atoms with van der Waals surface area (Å²) in [6.07, 6.45) is 0. The van der Waals surface area contributed by atoms with Gasteiger partial charge in [0.2, 0.25) is 0 Å². The summed E-state index contributed by atoms with van der Waals surface area (Å²) in [6.45, 7) is 5.98. The highest BCUT2D eigenvalue weighted by Crippen LogP contribution is 2.30. The zero-order valence-electron chi connectivity index (χ0n) is 15.8. The van der Waals surface area contributed by atoms with E-state index in [0.717, 1.165) is 53.8 Å². The number of hydrogen-bond donors (Lipinski definition) is 2. The maximum absolute atomic E-state index is 13.3. The normalized spacial score (nSPS) is 17.7. The van der Waals surface area contributed by atoms with Crippen LogP contribution in [0.4, 0.5) is 4.39 Å². The molecule has 1 saturated heterocycles. The number of carbonyl (C=O) groups is 1. The van der Waals surface area contributed by atoms with Crippen LogP contribution in [0.2, 0.25) is 0 Å². The van der Waals surface area contributed by atoms with Gasteiger partial charge < -0.3 is 11.1 Å². The number of aromatic nitrogens is 1. The van der Waals surface area contributed by atoms with Crippen LogP contribution in [0, 0.1) is 5.82 Å². The van der Waals surface area contributed by atoms with Crippen molar-refractivity contribution in [3.63, 3.8) is 0 Å². The Balaban J connectivity index is 1.75. The number of rotatable bonds is 4. The van der Waals surface area contributed by atoms with Crippen molar-refractivity contribution in [1.29, 1.82) is 0 Å². The summed E-state index contributed by atoms with van der Waals surface area (Å²) < 4.78 is 13.3. The summed E-state index contributed by atoms with van der Waals surface area (Å²) in [7, 11) is 0. The van der Waals surface area contributed by atoms with E-state index in [4.69, 9.17) is 5.73 Å². The fraction of sp³-hybridized carbons (Fsp3) is 0.273. The molecule has 3 N–H and O–H groups in total. The maximum Gasteiger partial charge on any atom is 0.267 e. The second-order valence-electron chi connectivity index (χ2n) is 7.37. The van der Waals surface area contributed by atoms with Crippen LogP contribution in [0.5, 0.6) is 0 Å². The lowest BCUT2D eigenvalue weighted by Crippen LogP contribution is -2.48. The van der Waals surface area contributed by atoms with Gasteiger partial charge in [0.05, 0.1) is 5.52 Å². The first-order chi connectivity index (χ1) is 13.5. The van der Waals surface area contributed by atoms with Gasteiger partial charge in [-0.1, -0.05) is 24.3 Å². The van der Waals surface area contributed by atoms with E-state index in [1.807, 2.05) is 12.1 Å². The molecule has 1 aromatic heterocycles. The number of nitrogens with zero attached hydrogens (tertiary/aromatic N) is 2. The molecule has 3 aromatic rings. The van der Waals surface area contributed by atoms with E-state index in [-0.39, 0.29) is 11.5 Å². The van der Waals surface area contributed by atoms with Gasteiger partial charge in [0.15, 0.2) is 0 Å². The zero-order valence-corrected chi connectivity index (χ0v) is 15.8. The van der Waals surface area contributed by atoms with E-state index in [2.05, 4.69) is 28.2 Å². The van der Waals surface area contributed by atoms with Gasteiger partial charge in [-0.2, -0.15) is 0 Å².